The minimum atomic E-state index is 0.744. The number of benzene rings is 1. The average Bonchev–Trinajstić information content (AvgIpc) is 2.33. The van der Waals surface area contributed by atoms with E-state index >= 15 is 0 Å². The van der Waals surface area contributed by atoms with Crippen molar-refractivity contribution in [1.82, 2.24) is 4.98 Å². The number of rotatable bonds is 3. The van der Waals surface area contributed by atoms with Crippen LogP contribution in [0, 0.1) is 13.8 Å². The first-order valence-corrected chi connectivity index (χ1v) is 5.53. The van der Waals surface area contributed by atoms with Crippen LogP contribution in [-0.2, 0) is 0 Å². The number of nitrogens with one attached hydrogen (secondary N) is 1. The number of nitrogens with zero attached hydrogens (tertiary/aromatic N) is 2. The maximum atomic E-state index is 4.16. The second-order valence-corrected chi connectivity index (χ2v) is 3.95. The first-order chi connectivity index (χ1) is 8.25. The summed E-state index contributed by atoms with van der Waals surface area (Å²) in [6.45, 7) is 4.16. The molecular weight excluding hydrogens is 210 g/mol. The quantitative estimate of drug-likeness (QED) is 0.643. The molecule has 0 saturated carbocycles. The molecule has 0 aliphatic rings. The molecular formula is C14H15N3. The van der Waals surface area contributed by atoms with Crippen molar-refractivity contribution in [2.45, 2.75) is 13.8 Å². The van der Waals surface area contributed by atoms with Crippen LogP contribution in [0.2, 0.25) is 0 Å². The van der Waals surface area contributed by atoms with Crippen LogP contribution in [0.25, 0.3) is 0 Å². The first-order valence-electron chi connectivity index (χ1n) is 5.53. The van der Waals surface area contributed by atoms with Crippen molar-refractivity contribution in [2.24, 2.45) is 5.10 Å². The molecule has 2 aromatic rings. The van der Waals surface area contributed by atoms with E-state index in [0.29, 0.717) is 0 Å². The van der Waals surface area contributed by atoms with Gasteiger partial charge in [0.25, 0.3) is 0 Å². The predicted molar refractivity (Wildman–Crippen MR) is 71.4 cm³/mol. The van der Waals surface area contributed by atoms with Gasteiger partial charge in [0.2, 0.25) is 0 Å². The molecule has 1 heterocycles. The molecule has 2 rings (SSSR count). The Bertz CT molecular complexity index is 518. The van der Waals surface area contributed by atoms with Gasteiger partial charge in [-0.05, 0) is 37.1 Å². The fraction of sp³-hybridized carbons (Fsp3) is 0.143. The van der Waals surface area contributed by atoms with Gasteiger partial charge in [0, 0.05) is 6.20 Å². The van der Waals surface area contributed by atoms with Crippen LogP contribution < -0.4 is 5.43 Å². The van der Waals surface area contributed by atoms with Crippen LogP contribution in [0.5, 0.6) is 0 Å². The van der Waals surface area contributed by atoms with Crippen LogP contribution in [-0.4, -0.2) is 11.2 Å². The van der Waals surface area contributed by atoms with E-state index in [-0.39, 0.29) is 0 Å². The molecule has 0 bridgehead atoms. The zero-order valence-electron chi connectivity index (χ0n) is 10.0. The molecule has 1 aromatic heterocycles. The van der Waals surface area contributed by atoms with E-state index in [0.717, 1.165) is 11.4 Å². The number of hydrazone groups is 1. The molecule has 0 amide bonds. The lowest BCUT2D eigenvalue weighted by atomic mass is 10.1. The van der Waals surface area contributed by atoms with Gasteiger partial charge in [-0.3, -0.25) is 5.43 Å². The molecule has 0 aliphatic heterocycles. The largest absolute Gasteiger partial charge is 0.261 e. The van der Waals surface area contributed by atoms with Crippen molar-refractivity contribution in [3.63, 3.8) is 0 Å². The zero-order valence-corrected chi connectivity index (χ0v) is 10.0. The highest BCUT2D eigenvalue weighted by Gasteiger charge is 1.94. The Kier molecular flexibility index (Phi) is 3.50. The smallest absolute Gasteiger partial charge is 0.146 e. The molecule has 0 spiro atoms. The zero-order chi connectivity index (χ0) is 12.1. The summed E-state index contributed by atoms with van der Waals surface area (Å²) in [5.74, 6) is 0.744. The Morgan fingerprint density at radius 1 is 1.18 bits per heavy atom. The molecule has 3 heteroatoms. The van der Waals surface area contributed by atoms with Crippen LogP contribution >= 0.6 is 0 Å². The van der Waals surface area contributed by atoms with E-state index in [4.69, 9.17) is 0 Å². The molecule has 0 radical (unpaired) electrons. The lowest BCUT2D eigenvalue weighted by Crippen LogP contribution is -1.94. The SMILES string of the molecule is Cc1ccc(C=NNc2ccccn2)c(C)c1. The monoisotopic (exact) mass is 225 g/mol. The Morgan fingerprint density at radius 3 is 2.76 bits per heavy atom. The summed E-state index contributed by atoms with van der Waals surface area (Å²) in [6, 6.07) is 12.0. The number of hydrogen-bond donors (Lipinski definition) is 1. The fourth-order valence-corrected chi connectivity index (χ4v) is 1.57. The molecule has 0 saturated heterocycles. The summed E-state index contributed by atoms with van der Waals surface area (Å²) in [5, 5.41) is 4.16. The summed E-state index contributed by atoms with van der Waals surface area (Å²) >= 11 is 0. The van der Waals surface area contributed by atoms with Crippen molar-refractivity contribution >= 4 is 12.0 Å². The molecule has 1 aromatic carbocycles. The van der Waals surface area contributed by atoms with Crippen LogP contribution in [0.1, 0.15) is 16.7 Å². The van der Waals surface area contributed by atoms with Gasteiger partial charge in [0.05, 0.1) is 6.21 Å². The molecule has 0 fully saturated rings. The van der Waals surface area contributed by atoms with Crippen molar-refractivity contribution < 1.29 is 0 Å². The van der Waals surface area contributed by atoms with Crippen molar-refractivity contribution in [1.29, 1.82) is 0 Å². The number of aryl methyl sites for hydroxylation is 2. The third kappa shape index (κ3) is 3.14. The summed E-state index contributed by atoms with van der Waals surface area (Å²) in [4.78, 5) is 4.12. The van der Waals surface area contributed by atoms with Crippen molar-refractivity contribution in [3.05, 3.63) is 59.3 Å². The Hall–Kier alpha value is -2.16. The number of anilines is 1. The van der Waals surface area contributed by atoms with Crippen molar-refractivity contribution in [3.8, 4) is 0 Å². The third-order valence-corrected chi connectivity index (χ3v) is 2.47. The molecule has 1 N–H and O–H groups in total. The van der Waals surface area contributed by atoms with E-state index in [2.05, 4.69) is 47.6 Å². The van der Waals surface area contributed by atoms with Gasteiger partial charge in [0.1, 0.15) is 5.82 Å². The van der Waals surface area contributed by atoms with E-state index in [1.165, 1.54) is 11.1 Å². The average molecular weight is 225 g/mol. The summed E-state index contributed by atoms with van der Waals surface area (Å²) in [7, 11) is 0. The third-order valence-electron chi connectivity index (χ3n) is 2.47. The summed E-state index contributed by atoms with van der Waals surface area (Å²) in [5.41, 5.74) is 6.48. The standard InChI is InChI=1S/C14H15N3/c1-11-6-7-13(12(2)9-11)10-16-17-14-5-3-4-8-15-14/h3-10H,1-2H3,(H,15,17). The molecule has 17 heavy (non-hydrogen) atoms. The van der Waals surface area contributed by atoms with Gasteiger partial charge in [0.15, 0.2) is 0 Å². The number of aromatic nitrogens is 1. The van der Waals surface area contributed by atoms with Gasteiger partial charge in [-0.2, -0.15) is 5.10 Å². The topological polar surface area (TPSA) is 37.3 Å². The highest BCUT2D eigenvalue weighted by atomic mass is 15.3. The second-order valence-electron chi connectivity index (χ2n) is 3.95. The Balaban J connectivity index is 2.06. The van der Waals surface area contributed by atoms with E-state index in [1.807, 2.05) is 24.4 Å². The van der Waals surface area contributed by atoms with Gasteiger partial charge >= 0.3 is 0 Å². The fourth-order valence-electron chi connectivity index (χ4n) is 1.57. The minimum Gasteiger partial charge on any atom is -0.261 e. The lowest BCUT2D eigenvalue weighted by molar-refractivity contribution is 1.23. The van der Waals surface area contributed by atoms with Crippen LogP contribution in [0.4, 0.5) is 5.82 Å². The van der Waals surface area contributed by atoms with E-state index < -0.39 is 0 Å². The Labute approximate surface area is 101 Å². The number of hydrogen-bond acceptors (Lipinski definition) is 3. The second kappa shape index (κ2) is 5.25. The van der Waals surface area contributed by atoms with Crippen LogP contribution in [0.3, 0.4) is 0 Å². The van der Waals surface area contributed by atoms with E-state index in [9.17, 15) is 0 Å². The summed E-state index contributed by atoms with van der Waals surface area (Å²) < 4.78 is 0. The van der Waals surface area contributed by atoms with Gasteiger partial charge in [-0.15, -0.1) is 0 Å². The predicted octanol–water partition coefficient (Wildman–Crippen LogP) is 3.14. The highest BCUT2D eigenvalue weighted by molar-refractivity contribution is 5.82. The van der Waals surface area contributed by atoms with Gasteiger partial charge in [-0.25, -0.2) is 4.98 Å². The lowest BCUT2D eigenvalue weighted by Gasteiger charge is -2.01. The number of pyridine rings is 1. The highest BCUT2D eigenvalue weighted by Crippen LogP contribution is 2.08. The Morgan fingerprint density at radius 2 is 2.06 bits per heavy atom. The van der Waals surface area contributed by atoms with Crippen molar-refractivity contribution in [2.75, 3.05) is 5.43 Å². The maximum Gasteiger partial charge on any atom is 0.146 e. The van der Waals surface area contributed by atoms with Crippen LogP contribution in [0.15, 0.2) is 47.7 Å². The summed E-state index contributed by atoms with van der Waals surface area (Å²) in [6.07, 6.45) is 3.54. The molecule has 0 unspecified atom stereocenters. The van der Waals surface area contributed by atoms with E-state index in [1.54, 1.807) is 6.20 Å². The minimum absolute atomic E-state index is 0.744. The first kappa shape index (κ1) is 11.3. The molecule has 0 atom stereocenters. The van der Waals surface area contributed by atoms with Gasteiger partial charge < -0.3 is 0 Å². The normalized spacial score (nSPS) is 10.7. The maximum absolute atomic E-state index is 4.16. The van der Waals surface area contributed by atoms with Gasteiger partial charge in [-0.1, -0.05) is 29.8 Å². The molecule has 3 nitrogen and oxygen atoms in total. The molecule has 86 valence electrons. The molecule has 0 aliphatic carbocycles.